The number of amides is 1. The number of nitrogens with one attached hydrogen (secondary N) is 1. The maximum absolute atomic E-state index is 11.9. The van der Waals surface area contributed by atoms with Crippen LogP contribution in [0.5, 0.6) is 5.75 Å². The van der Waals surface area contributed by atoms with Crippen LogP contribution in [0.2, 0.25) is 0 Å². The number of hydrazone groups is 1. The van der Waals surface area contributed by atoms with Crippen molar-refractivity contribution in [3.05, 3.63) is 51.7 Å². The molecule has 1 heterocycles. The third kappa shape index (κ3) is 6.83. The normalized spacial score (nSPS) is 12.4. The number of rotatable bonds is 7. The first kappa shape index (κ1) is 21.2. The molecule has 0 aliphatic rings. The minimum Gasteiger partial charge on any atom is -0.484 e. The average molecular weight is 387 g/mol. The second-order valence-corrected chi connectivity index (χ2v) is 9.64. The van der Waals surface area contributed by atoms with E-state index >= 15 is 0 Å². The van der Waals surface area contributed by atoms with Crippen molar-refractivity contribution in [3.63, 3.8) is 0 Å². The van der Waals surface area contributed by atoms with Gasteiger partial charge in [-0.25, -0.2) is 5.43 Å². The summed E-state index contributed by atoms with van der Waals surface area (Å²) >= 11 is 1.59. The summed E-state index contributed by atoms with van der Waals surface area (Å²) in [5, 5.41) is 5.97. The Morgan fingerprint density at radius 3 is 2.37 bits per heavy atom. The van der Waals surface area contributed by atoms with Gasteiger partial charge in [-0.1, -0.05) is 46.8 Å². The van der Waals surface area contributed by atoms with E-state index in [1.54, 1.807) is 17.6 Å². The molecule has 146 valence electrons. The van der Waals surface area contributed by atoms with Crippen LogP contribution in [0, 0.1) is 12.3 Å². The zero-order valence-electron chi connectivity index (χ0n) is 17.1. The number of carbonyl (C=O) groups is 1. The largest absolute Gasteiger partial charge is 0.484 e. The maximum atomic E-state index is 11.9. The van der Waals surface area contributed by atoms with Crippen molar-refractivity contribution in [3.8, 4) is 5.75 Å². The van der Waals surface area contributed by atoms with Crippen LogP contribution in [0.3, 0.4) is 0 Å². The van der Waals surface area contributed by atoms with Gasteiger partial charge >= 0.3 is 0 Å². The maximum Gasteiger partial charge on any atom is 0.277 e. The van der Waals surface area contributed by atoms with Gasteiger partial charge in [0.15, 0.2) is 6.61 Å². The highest BCUT2D eigenvalue weighted by Crippen LogP contribution is 2.36. The number of nitrogens with zero attached hydrogens (tertiary/aromatic N) is 1. The molecule has 0 bridgehead atoms. The highest BCUT2D eigenvalue weighted by Gasteiger charge is 2.27. The SMILES string of the molecule is Cc1ccsc1/C=N/NC(=O)COc1ccc(C(C)(C)CC(C)(C)C)cc1. The average Bonchev–Trinajstić information content (AvgIpc) is 2.96. The third-order valence-corrected chi connectivity index (χ3v) is 5.20. The zero-order valence-corrected chi connectivity index (χ0v) is 17.9. The smallest absolute Gasteiger partial charge is 0.277 e. The Morgan fingerprint density at radius 2 is 1.81 bits per heavy atom. The number of hydrogen-bond acceptors (Lipinski definition) is 4. The van der Waals surface area contributed by atoms with E-state index in [1.807, 2.05) is 30.5 Å². The predicted molar refractivity (Wildman–Crippen MR) is 114 cm³/mol. The van der Waals surface area contributed by atoms with Crippen LogP contribution >= 0.6 is 11.3 Å². The Labute approximate surface area is 166 Å². The van der Waals surface area contributed by atoms with Crippen molar-refractivity contribution in [1.29, 1.82) is 0 Å². The number of benzene rings is 1. The lowest BCUT2D eigenvalue weighted by atomic mass is 9.72. The molecular formula is C22H30N2O2S. The zero-order chi connectivity index (χ0) is 20.1. The molecule has 1 aromatic carbocycles. The first-order valence-corrected chi connectivity index (χ1v) is 10.0. The van der Waals surface area contributed by atoms with Crippen LogP contribution < -0.4 is 10.2 Å². The summed E-state index contributed by atoms with van der Waals surface area (Å²) in [6.45, 7) is 13.2. The third-order valence-electron chi connectivity index (χ3n) is 4.25. The molecular weight excluding hydrogens is 356 g/mol. The number of aryl methyl sites for hydroxylation is 1. The summed E-state index contributed by atoms with van der Waals surface area (Å²) in [6, 6.07) is 10.0. The molecule has 1 N–H and O–H groups in total. The van der Waals surface area contributed by atoms with Crippen LogP contribution in [0.15, 0.2) is 40.8 Å². The fourth-order valence-corrected chi connectivity index (χ4v) is 4.08. The molecule has 27 heavy (non-hydrogen) atoms. The van der Waals surface area contributed by atoms with Gasteiger partial charge in [-0.15, -0.1) is 11.3 Å². The van der Waals surface area contributed by atoms with Gasteiger partial charge in [0, 0.05) is 4.88 Å². The van der Waals surface area contributed by atoms with E-state index in [0.29, 0.717) is 5.75 Å². The minimum atomic E-state index is -0.280. The van der Waals surface area contributed by atoms with Crippen LogP contribution in [0.4, 0.5) is 0 Å². The summed E-state index contributed by atoms with van der Waals surface area (Å²) in [5.74, 6) is 0.399. The van der Waals surface area contributed by atoms with Crippen molar-refractivity contribution in [2.45, 2.75) is 53.4 Å². The fraction of sp³-hybridized carbons (Fsp3) is 0.455. The molecule has 1 amide bonds. The molecule has 0 aliphatic carbocycles. The summed E-state index contributed by atoms with van der Waals surface area (Å²) in [7, 11) is 0. The van der Waals surface area contributed by atoms with Gasteiger partial charge in [0.1, 0.15) is 5.75 Å². The van der Waals surface area contributed by atoms with E-state index < -0.39 is 0 Å². The number of thiophene rings is 1. The first-order valence-electron chi connectivity index (χ1n) is 9.16. The Bertz CT molecular complexity index is 783. The topological polar surface area (TPSA) is 50.7 Å². The van der Waals surface area contributed by atoms with E-state index in [1.165, 1.54) is 5.56 Å². The van der Waals surface area contributed by atoms with Crippen LogP contribution in [-0.4, -0.2) is 18.7 Å². The summed E-state index contributed by atoms with van der Waals surface area (Å²) < 4.78 is 5.56. The van der Waals surface area contributed by atoms with E-state index in [2.05, 4.69) is 57.3 Å². The van der Waals surface area contributed by atoms with E-state index in [0.717, 1.165) is 16.9 Å². The number of hydrogen-bond donors (Lipinski definition) is 1. The molecule has 5 heteroatoms. The predicted octanol–water partition coefficient (Wildman–Crippen LogP) is 5.30. The van der Waals surface area contributed by atoms with Crippen molar-refractivity contribution >= 4 is 23.5 Å². The van der Waals surface area contributed by atoms with Crippen molar-refractivity contribution in [1.82, 2.24) is 5.43 Å². The molecule has 2 rings (SSSR count). The van der Waals surface area contributed by atoms with Gasteiger partial charge in [0.2, 0.25) is 0 Å². The van der Waals surface area contributed by atoms with Crippen LogP contribution in [0.1, 0.15) is 57.0 Å². The molecule has 0 radical (unpaired) electrons. The molecule has 0 atom stereocenters. The molecule has 0 fully saturated rings. The van der Waals surface area contributed by atoms with Crippen LogP contribution in [-0.2, 0) is 10.2 Å². The molecule has 0 aliphatic heterocycles. The summed E-state index contributed by atoms with van der Waals surface area (Å²) in [4.78, 5) is 12.9. The monoisotopic (exact) mass is 386 g/mol. The first-order chi connectivity index (χ1) is 12.6. The summed E-state index contributed by atoms with van der Waals surface area (Å²) in [5.41, 5.74) is 5.25. The standard InChI is InChI=1S/C22H30N2O2S/c1-16-11-12-27-19(16)13-23-24-20(25)14-26-18-9-7-17(8-10-18)22(5,6)15-21(2,3)4/h7-13H,14-15H2,1-6H3,(H,24,25)/b23-13+. The molecule has 1 aromatic heterocycles. The van der Waals surface area contributed by atoms with Gasteiger partial charge in [-0.3, -0.25) is 4.79 Å². The lowest BCUT2D eigenvalue weighted by Gasteiger charge is -2.33. The van der Waals surface area contributed by atoms with Crippen molar-refractivity contribution in [2.75, 3.05) is 6.61 Å². The number of ether oxygens (including phenoxy) is 1. The van der Waals surface area contributed by atoms with Gasteiger partial charge in [0.05, 0.1) is 6.21 Å². The van der Waals surface area contributed by atoms with Crippen molar-refractivity contribution < 1.29 is 9.53 Å². The Morgan fingerprint density at radius 1 is 1.15 bits per heavy atom. The number of carbonyl (C=O) groups excluding carboxylic acids is 1. The van der Waals surface area contributed by atoms with Gasteiger partial charge in [-0.2, -0.15) is 5.10 Å². The molecule has 4 nitrogen and oxygen atoms in total. The van der Waals surface area contributed by atoms with E-state index in [9.17, 15) is 4.79 Å². The second kappa shape index (κ2) is 8.70. The molecule has 2 aromatic rings. The van der Waals surface area contributed by atoms with Gasteiger partial charge in [-0.05, 0) is 58.9 Å². The Hall–Kier alpha value is -2.14. The minimum absolute atomic E-state index is 0.0640. The lowest BCUT2D eigenvalue weighted by molar-refractivity contribution is -0.123. The van der Waals surface area contributed by atoms with E-state index in [-0.39, 0.29) is 23.3 Å². The van der Waals surface area contributed by atoms with Gasteiger partial charge < -0.3 is 4.74 Å². The fourth-order valence-electron chi connectivity index (χ4n) is 3.29. The lowest BCUT2D eigenvalue weighted by Crippen LogP contribution is -2.25. The quantitative estimate of drug-likeness (QED) is 0.518. The molecule has 0 saturated carbocycles. The highest BCUT2D eigenvalue weighted by atomic mass is 32.1. The van der Waals surface area contributed by atoms with Crippen molar-refractivity contribution in [2.24, 2.45) is 10.5 Å². The molecule has 0 saturated heterocycles. The van der Waals surface area contributed by atoms with E-state index in [4.69, 9.17) is 4.74 Å². The second-order valence-electron chi connectivity index (χ2n) is 8.70. The summed E-state index contributed by atoms with van der Waals surface area (Å²) in [6.07, 6.45) is 2.74. The van der Waals surface area contributed by atoms with Crippen LogP contribution in [0.25, 0.3) is 0 Å². The Balaban J connectivity index is 1.85. The highest BCUT2D eigenvalue weighted by molar-refractivity contribution is 7.11. The molecule has 0 spiro atoms. The Kier molecular flexibility index (Phi) is 6.82. The molecule has 0 unspecified atom stereocenters. The van der Waals surface area contributed by atoms with Gasteiger partial charge in [0.25, 0.3) is 5.91 Å².